The number of rotatable bonds is 15. The summed E-state index contributed by atoms with van der Waals surface area (Å²) in [6.07, 6.45) is 7.95. The van der Waals surface area contributed by atoms with Crippen LogP contribution in [0.3, 0.4) is 0 Å². The number of benzene rings is 2. The third-order valence-electron chi connectivity index (χ3n) is 5.03. The Kier molecular flexibility index (Phi) is 11.7. The second-order valence-electron chi connectivity index (χ2n) is 7.88. The summed E-state index contributed by atoms with van der Waals surface area (Å²) >= 11 is 0. The molecule has 0 fully saturated rings. The number of carbonyl (C=O) groups excluding carboxylic acids is 2. The van der Waals surface area contributed by atoms with Gasteiger partial charge in [-0.05, 0) is 43.2 Å². The molecule has 32 heavy (non-hydrogen) atoms. The van der Waals surface area contributed by atoms with E-state index in [2.05, 4.69) is 29.8 Å². The first-order chi connectivity index (χ1) is 15.6. The summed E-state index contributed by atoms with van der Waals surface area (Å²) in [6.45, 7) is 5.74. The van der Waals surface area contributed by atoms with E-state index >= 15 is 0 Å². The fourth-order valence-electron chi connectivity index (χ4n) is 3.20. The third-order valence-corrected chi connectivity index (χ3v) is 5.03. The summed E-state index contributed by atoms with van der Waals surface area (Å²) < 4.78 is 5.80. The second kappa shape index (κ2) is 14.9. The summed E-state index contributed by atoms with van der Waals surface area (Å²) in [5, 5.41) is 8.86. The highest BCUT2D eigenvalue weighted by molar-refractivity contribution is 5.96. The van der Waals surface area contributed by atoms with Crippen molar-refractivity contribution < 1.29 is 14.3 Å². The van der Waals surface area contributed by atoms with E-state index in [1.54, 1.807) is 18.2 Å². The molecule has 2 amide bonds. The molecule has 6 nitrogen and oxygen atoms in total. The number of anilines is 2. The Morgan fingerprint density at radius 3 is 2.41 bits per heavy atom. The van der Waals surface area contributed by atoms with E-state index in [0.29, 0.717) is 24.4 Å². The smallest absolute Gasteiger partial charge is 0.251 e. The third kappa shape index (κ3) is 9.86. The molecular formula is C26H37N3O3. The summed E-state index contributed by atoms with van der Waals surface area (Å²) in [4.78, 5) is 24.6. The number of nitrogens with one attached hydrogen (secondary N) is 3. The van der Waals surface area contributed by atoms with Gasteiger partial charge in [-0.1, -0.05) is 58.1 Å². The topological polar surface area (TPSA) is 79.5 Å². The predicted molar refractivity (Wildman–Crippen MR) is 131 cm³/mol. The quantitative estimate of drug-likeness (QED) is 0.315. The van der Waals surface area contributed by atoms with Gasteiger partial charge in [-0.25, -0.2) is 0 Å². The molecule has 2 rings (SSSR count). The van der Waals surface area contributed by atoms with Crippen LogP contribution >= 0.6 is 0 Å². The lowest BCUT2D eigenvalue weighted by Gasteiger charge is -2.11. The highest BCUT2D eigenvalue weighted by Crippen LogP contribution is 2.18. The molecule has 0 aromatic heterocycles. The number of carbonyl (C=O) groups is 2. The Balaban J connectivity index is 1.77. The zero-order chi connectivity index (χ0) is 23.0. The lowest BCUT2D eigenvalue weighted by Crippen LogP contribution is -2.25. The van der Waals surface area contributed by atoms with Crippen LogP contribution in [-0.4, -0.2) is 31.5 Å². The number of hydrogen-bond donors (Lipinski definition) is 3. The van der Waals surface area contributed by atoms with E-state index in [1.807, 2.05) is 30.3 Å². The van der Waals surface area contributed by atoms with Crippen LogP contribution < -0.4 is 20.7 Å². The second-order valence-corrected chi connectivity index (χ2v) is 7.88. The van der Waals surface area contributed by atoms with Gasteiger partial charge in [0.05, 0.1) is 13.2 Å². The molecule has 0 bridgehead atoms. The van der Waals surface area contributed by atoms with E-state index in [4.69, 9.17) is 4.74 Å². The first-order valence-corrected chi connectivity index (χ1v) is 11.8. The number of amides is 2. The van der Waals surface area contributed by atoms with Gasteiger partial charge in [0, 0.05) is 29.5 Å². The standard InChI is InChI=1S/C26H37N3O3/c1-3-5-7-8-9-17-32-24-15-11-14-23(19-24)29-25(30)20-28-22-13-10-12-21(18-22)26(31)27-16-6-4-2/h10-15,18-19,28H,3-9,16-17,20H2,1-2H3,(H,27,31)(H,29,30). The maximum atomic E-state index is 12.4. The van der Waals surface area contributed by atoms with E-state index in [9.17, 15) is 9.59 Å². The van der Waals surface area contributed by atoms with Crippen LogP contribution in [0.4, 0.5) is 11.4 Å². The molecule has 0 radical (unpaired) electrons. The predicted octanol–water partition coefficient (Wildman–Crippen LogP) is 5.62. The molecule has 0 saturated heterocycles. The maximum Gasteiger partial charge on any atom is 0.251 e. The zero-order valence-electron chi connectivity index (χ0n) is 19.4. The van der Waals surface area contributed by atoms with Gasteiger partial charge in [-0.2, -0.15) is 0 Å². The minimum atomic E-state index is -0.167. The van der Waals surface area contributed by atoms with Gasteiger partial charge in [0.1, 0.15) is 5.75 Å². The van der Waals surface area contributed by atoms with Crippen molar-refractivity contribution in [2.75, 3.05) is 30.3 Å². The molecule has 2 aromatic carbocycles. The maximum absolute atomic E-state index is 12.4. The van der Waals surface area contributed by atoms with Crippen LogP contribution in [0.15, 0.2) is 48.5 Å². The Morgan fingerprint density at radius 2 is 1.59 bits per heavy atom. The molecule has 0 aliphatic heterocycles. The van der Waals surface area contributed by atoms with Crippen molar-refractivity contribution in [3.8, 4) is 5.75 Å². The minimum Gasteiger partial charge on any atom is -0.494 e. The monoisotopic (exact) mass is 439 g/mol. The van der Waals surface area contributed by atoms with Crippen molar-refractivity contribution >= 4 is 23.2 Å². The lowest BCUT2D eigenvalue weighted by atomic mass is 10.2. The Labute approximate surface area is 192 Å². The molecule has 0 atom stereocenters. The Morgan fingerprint density at radius 1 is 0.844 bits per heavy atom. The molecule has 0 heterocycles. The molecule has 0 aliphatic rings. The molecule has 3 N–H and O–H groups in total. The van der Waals surface area contributed by atoms with E-state index < -0.39 is 0 Å². The van der Waals surface area contributed by atoms with Crippen molar-refractivity contribution in [2.45, 2.75) is 58.8 Å². The van der Waals surface area contributed by atoms with E-state index in [1.165, 1.54) is 25.7 Å². The van der Waals surface area contributed by atoms with Gasteiger partial charge in [-0.3, -0.25) is 9.59 Å². The SMILES string of the molecule is CCCCCCCOc1cccc(NC(=O)CNc2cccc(C(=O)NCCCC)c2)c1. The van der Waals surface area contributed by atoms with Crippen LogP contribution in [0, 0.1) is 0 Å². The van der Waals surface area contributed by atoms with Gasteiger partial charge >= 0.3 is 0 Å². The molecule has 6 heteroatoms. The van der Waals surface area contributed by atoms with Crippen LogP contribution in [0.25, 0.3) is 0 Å². The fraction of sp³-hybridized carbons (Fsp3) is 0.462. The van der Waals surface area contributed by atoms with Gasteiger partial charge in [0.2, 0.25) is 5.91 Å². The summed E-state index contributed by atoms with van der Waals surface area (Å²) in [5.41, 5.74) is 2.00. The highest BCUT2D eigenvalue weighted by atomic mass is 16.5. The van der Waals surface area contributed by atoms with Crippen molar-refractivity contribution in [1.29, 1.82) is 0 Å². The molecule has 2 aromatic rings. The van der Waals surface area contributed by atoms with E-state index in [0.717, 1.165) is 30.7 Å². The Hall–Kier alpha value is -3.02. The highest BCUT2D eigenvalue weighted by Gasteiger charge is 2.07. The number of ether oxygens (including phenoxy) is 1. The van der Waals surface area contributed by atoms with Crippen LogP contribution in [0.5, 0.6) is 5.75 Å². The molecule has 0 saturated carbocycles. The van der Waals surface area contributed by atoms with Crippen molar-refractivity contribution in [2.24, 2.45) is 0 Å². The van der Waals surface area contributed by atoms with Crippen molar-refractivity contribution in [3.05, 3.63) is 54.1 Å². The molecule has 0 spiro atoms. The Bertz CT molecular complexity index is 839. The van der Waals surface area contributed by atoms with E-state index in [-0.39, 0.29) is 18.4 Å². The van der Waals surface area contributed by atoms with Crippen molar-refractivity contribution in [3.63, 3.8) is 0 Å². The van der Waals surface area contributed by atoms with Crippen LogP contribution in [0.1, 0.15) is 69.2 Å². The first-order valence-electron chi connectivity index (χ1n) is 11.8. The van der Waals surface area contributed by atoms with Crippen LogP contribution in [0.2, 0.25) is 0 Å². The summed E-state index contributed by atoms with van der Waals surface area (Å²) in [7, 11) is 0. The lowest BCUT2D eigenvalue weighted by molar-refractivity contribution is -0.114. The van der Waals surface area contributed by atoms with Crippen LogP contribution in [-0.2, 0) is 4.79 Å². The largest absolute Gasteiger partial charge is 0.494 e. The summed E-state index contributed by atoms with van der Waals surface area (Å²) in [6, 6.07) is 14.6. The molecule has 174 valence electrons. The molecule has 0 unspecified atom stereocenters. The first kappa shape index (κ1) is 25.2. The number of unbranched alkanes of at least 4 members (excludes halogenated alkanes) is 5. The van der Waals surface area contributed by atoms with Gasteiger partial charge in [0.15, 0.2) is 0 Å². The fourth-order valence-corrected chi connectivity index (χ4v) is 3.20. The minimum absolute atomic E-state index is 0.101. The average Bonchev–Trinajstić information content (AvgIpc) is 2.80. The normalized spacial score (nSPS) is 10.4. The van der Waals surface area contributed by atoms with Gasteiger partial charge in [0.25, 0.3) is 5.91 Å². The molecule has 0 aliphatic carbocycles. The van der Waals surface area contributed by atoms with Gasteiger partial charge < -0.3 is 20.7 Å². The molecular weight excluding hydrogens is 402 g/mol. The zero-order valence-corrected chi connectivity index (χ0v) is 19.4. The van der Waals surface area contributed by atoms with Crippen molar-refractivity contribution in [1.82, 2.24) is 5.32 Å². The average molecular weight is 440 g/mol. The number of hydrogen-bond acceptors (Lipinski definition) is 4. The summed E-state index contributed by atoms with van der Waals surface area (Å²) in [5.74, 6) is 0.487. The van der Waals surface area contributed by atoms with Gasteiger partial charge in [-0.15, -0.1) is 0 Å².